The van der Waals surface area contributed by atoms with Gasteiger partial charge < -0.3 is 14.6 Å². The van der Waals surface area contributed by atoms with Crippen LogP contribution in [0.3, 0.4) is 0 Å². The quantitative estimate of drug-likeness (QED) is 0.620. The van der Waals surface area contributed by atoms with Crippen LogP contribution >= 0.6 is 0 Å². The largest absolute Gasteiger partial charge is 0.383 e. The first-order chi connectivity index (χ1) is 10.1. The van der Waals surface area contributed by atoms with Gasteiger partial charge in [0, 0.05) is 36.6 Å². The molecule has 118 valence electrons. The third-order valence-corrected chi connectivity index (χ3v) is 4.49. The summed E-state index contributed by atoms with van der Waals surface area (Å²) in [5.74, 6) is 0.182. The number of nitrogens with one attached hydrogen (secondary N) is 1. The van der Waals surface area contributed by atoms with E-state index in [0.29, 0.717) is 25.7 Å². The van der Waals surface area contributed by atoms with Crippen molar-refractivity contribution in [2.45, 2.75) is 52.0 Å². The molecule has 0 aliphatic heterocycles. The summed E-state index contributed by atoms with van der Waals surface area (Å²) in [5, 5.41) is 3.14. The Bertz CT molecular complexity index is 473. The molecule has 0 unspecified atom stereocenters. The molecule has 1 saturated carbocycles. The third-order valence-electron chi connectivity index (χ3n) is 4.49. The van der Waals surface area contributed by atoms with E-state index in [0.717, 1.165) is 11.3 Å². The van der Waals surface area contributed by atoms with Crippen molar-refractivity contribution in [1.82, 2.24) is 9.88 Å². The van der Waals surface area contributed by atoms with Crippen LogP contribution in [0.25, 0.3) is 0 Å². The van der Waals surface area contributed by atoms with Crippen LogP contribution in [-0.2, 0) is 4.74 Å². The summed E-state index contributed by atoms with van der Waals surface area (Å²) in [5.41, 5.74) is 3.24. The molecule has 0 saturated heterocycles. The van der Waals surface area contributed by atoms with Gasteiger partial charge in [-0.15, -0.1) is 0 Å². The van der Waals surface area contributed by atoms with Crippen molar-refractivity contribution in [3.63, 3.8) is 0 Å². The van der Waals surface area contributed by atoms with Gasteiger partial charge in [-0.1, -0.05) is 19.3 Å². The van der Waals surface area contributed by atoms with Crippen LogP contribution in [0.1, 0.15) is 59.9 Å². The third kappa shape index (κ3) is 3.95. The summed E-state index contributed by atoms with van der Waals surface area (Å²) in [6, 6.07) is 2.64. The van der Waals surface area contributed by atoms with Crippen molar-refractivity contribution in [1.29, 1.82) is 0 Å². The zero-order valence-corrected chi connectivity index (χ0v) is 13.6. The van der Waals surface area contributed by atoms with Gasteiger partial charge in [-0.3, -0.25) is 4.79 Å². The number of hydrogen-bond acceptors (Lipinski definition) is 3. The minimum absolute atomic E-state index is 0.182. The Kier molecular flexibility index (Phi) is 6.00. The zero-order valence-electron chi connectivity index (χ0n) is 13.6. The number of ketones is 1. The van der Waals surface area contributed by atoms with Crippen LogP contribution in [0.4, 0.5) is 0 Å². The van der Waals surface area contributed by atoms with Gasteiger partial charge in [0.25, 0.3) is 0 Å². The number of ether oxygens (including phenoxy) is 1. The lowest BCUT2D eigenvalue weighted by Gasteiger charge is -2.26. The summed E-state index contributed by atoms with van der Waals surface area (Å²) >= 11 is 0. The summed E-state index contributed by atoms with van der Waals surface area (Å²) in [4.78, 5) is 12.4. The highest BCUT2D eigenvalue weighted by molar-refractivity contribution is 5.99. The van der Waals surface area contributed by atoms with Crippen molar-refractivity contribution >= 4 is 5.78 Å². The minimum atomic E-state index is 0.182. The van der Waals surface area contributed by atoms with E-state index in [1.54, 1.807) is 7.11 Å². The lowest BCUT2D eigenvalue weighted by Crippen LogP contribution is -2.26. The molecule has 1 aliphatic rings. The maximum Gasteiger partial charge on any atom is 0.178 e. The van der Waals surface area contributed by atoms with Crippen molar-refractivity contribution in [3.8, 4) is 0 Å². The number of Topliss-reactive ketones (excluding diaryl/α,β-unsaturated/α-hetero) is 1. The first-order valence-corrected chi connectivity index (χ1v) is 8.06. The van der Waals surface area contributed by atoms with Crippen LogP contribution in [0.2, 0.25) is 0 Å². The summed E-state index contributed by atoms with van der Waals surface area (Å²) in [6.45, 7) is 5.94. The Labute approximate surface area is 127 Å². The zero-order chi connectivity index (χ0) is 15.2. The Morgan fingerprint density at radius 2 is 2.05 bits per heavy atom. The Morgan fingerprint density at radius 1 is 1.33 bits per heavy atom. The molecule has 0 radical (unpaired) electrons. The second-order valence-corrected chi connectivity index (χ2v) is 6.04. The molecule has 0 atom stereocenters. The number of nitrogens with zero attached hydrogens (tertiary/aromatic N) is 1. The standard InChI is InChI=1S/C17H28N2O2/c1-13-11-16(17(20)12-18-9-10-21-3)14(2)19(13)15-7-5-4-6-8-15/h11,15,18H,4-10,12H2,1-3H3. The van der Waals surface area contributed by atoms with Gasteiger partial charge >= 0.3 is 0 Å². The summed E-state index contributed by atoms with van der Waals surface area (Å²) in [7, 11) is 1.67. The molecule has 1 aromatic heterocycles. The lowest BCUT2D eigenvalue weighted by atomic mass is 9.95. The van der Waals surface area contributed by atoms with Crippen LogP contribution < -0.4 is 5.32 Å². The molecule has 1 fully saturated rings. The number of rotatable bonds is 7. The molecule has 4 nitrogen and oxygen atoms in total. The molecule has 1 aromatic rings. The van der Waals surface area contributed by atoms with E-state index in [-0.39, 0.29) is 5.78 Å². The number of aryl methyl sites for hydroxylation is 1. The molecule has 1 heterocycles. The highest BCUT2D eigenvalue weighted by Crippen LogP contribution is 2.32. The maximum absolute atomic E-state index is 12.4. The predicted octanol–water partition coefficient (Wildman–Crippen LogP) is 3.03. The van der Waals surface area contributed by atoms with Crippen molar-refractivity contribution in [2.24, 2.45) is 0 Å². The van der Waals surface area contributed by atoms with Gasteiger partial charge in [0.2, 0.25) is 0 Å². The molecule has 0 aromatic carbocycles. The normalized spacial score (nSPS) is 16.3. The van der Waals surface area contributed by atoms with Crippen molar-refractivity contribution in [2.75, 3.05) is 26.8 Å². The number of carbonyl (C=O) groups excluding carboxylic acids is 1. The fourth-order valence-corrected chi connectivity index (χ4v) is 3.43. The minimum Gasteiger partial charge on any atom is -0.383 e. The first kappa shape index (κ1) is 16.2. The maximum atomic E-state index is 12.4. The number of carbonyl (C=O) groups is 1. The molecule has 21 heavy (non-hydrogen) atoms. The van der Waals surface area contributed by atoms with Gasteiger partial charge in [-0.2, -0.15) is 0 Å². The highest BCUT2D eigenvalue weighted by atomic mass is 16.5. The topological polar surface area (TPSA) is 43.3 Å². The van der Waals surface area contributed by atoms with E-state index >= 15 is 0 Å². The summed E-state index contributed by atoms with van der Waals surface area (Å²) < 4.78 is 7.37. The SMILES string of the molecule is COCCNCC(=O)c1cc(C)n(C2CCCCC2)c1C. The fourth-order valence-electron chi connectivity index (χ4n) is 3.43. The van der Waals surface area contributed by atoms with Gasteiger partial charge in [0.15, 0.2) is 5.78 Å². The smallest absolute Gasteiger partial charge is 0.178 e. The molecule has 0 spiro atoms. The fraction of sp³-hybridized carbons (Fsp3) is 0.706. The Balaban J connectivity index is 2.05. The van der Waals surface area contributed by atoms with E-state index < -0.39 is 0 Å². The lowest BCUT2D eigenvalue weighted by molar-refractivity contribution is 0.0986. The molecule has 2 rings (SSSR count). The van der Waals surface area contributed by atoms with Gasteiger partial charge in [-0.05, 0) is 32.8 Å². The van der Waals surface area contributed by atoms with Gasteiger partial charge in [-0.25, -0.2) is 0 Å². The van der Waals surface area contributed by atoms with E-state index in [2.05, 4.69) is 29.8 Å². The second kappa shape index (κ2) is 7.76. The van der Waals surface area contributed by atoms with Crippen molar-refractivity contribution in [3.05, 3.63) is 23.0 Å². The van der Waals surface area contributed by atoms with Crippen LogP contribution in [0.15, 0.2) is 6.07 Å². The van der Waals surface area contributed by atoms with Crippen molar-refractivity contribution < 1.29 is 9.53 Å². The van der Waals surface area contributed by atoms with Crippen LogP contribution in [0.5, 0.6) is 0 Å². The van der Waals surface area contributed by atoms with E-state index in [4.69, 9.17) is 4.74 Å². The average molecular weight is 292 g/mol. The molecule has 1 N–H and O–H groups in total. The Hall–Kier alpha value is -1.13. The monoisotopic (exact) mass is 292 g/mol. The van der Waals surface area contributed by atoms with Crippen LogP contribution in [0, 0.1) is 13.8 Å². The molecular weight excluding hydrogens is 264 g/mol. The van der Waals surface area contributed by atoms with Gasteiger partial charge in [0.05, 0.1) is 13.2 Å². The first-order valence-electron chi connectivity index (χ1n) is 8.06. The Morgan fingerprint density at radius 3 is 2.71 bits per heavy atom. The molecular formula is C17H28N2O2. The molecule has 1 aliphatic carbocycles. The van der Waals surface area contributed by atoms with E-state index in [9.17, 15) is 4.79 Å². The molecule has 0 amide bonds. The van der Waals surface area contributed by atoms with Gasteiger partial charge in [0.1, 0.15) is 0 Å². The average Bonchev–Trinajstić information content (AvgIpc) is 2.79. The van der Waals surface area contributed by atoms with E-state index in [1.165, 1.54) is 37.8 Å². The second-order valence-electron chi connectivity index (χ2n) is 6.04. The number of methoxy groups -OCH3 is 1. The predicted molar refractivity (Wildman–Crippen MR) is 85.1 cm³/mol. The number of aromatic nitrogens is 1. The molecule has 0 bridgehead atoms. The summed E-state index contributed by atoms with van der Waals surface area (Å²) in [6.07, 6.45) is 6.46. The molecule has 4 heteroatoms. The van der Waals surface area contributed by atoms with E-state index in [1.807, 2.05) is 0 Å². The highest BCUT2D eigenvalue weighted by Gasteiger charge is 2.22. The van der Waals surface area contributed by atoms with Crippen LogP contribution in [-0.4, -0.2) is 37.2 Å². The number of hydrogen-bond donors (Lipinski definition) is 1.